The Morgan fingerprint density at radius 3 is 2.47 bits per heavy atom. The van der Waals surface area contributed by atoms with Gasteiger partial charge in [0.2, 0.25) is 5.91 Å². The Bertz CT molecular complexity index is 271. The summed E-state index contributed by atoms with van der Waals surface area (Å²) in [5.41, 5.74) is 0. The molecule has 0 bridgehead atoms. The number of piperidine rings is 1. The predicted octanol–water partition coefficient (Wildman–Crippen LogP) is 1.67. The maximum absolute atomic E-state index is 12.5. The summed E-state index contributed by atoms with van der Waals surface area (Å²) in [6, 6.07) is 0.725. The molecule has 1 aliphatic carbocycles. The maximum atomic E-state index is 12.5. The molecule has 1 saturated heterocycles. The first kappa shape index (κ1) is 14.8. The Morgan fingerprint density at radius 2 is 1.84 bits per heavy atom. The van der Waals surface area contributed by atoms with Crippen molar-refractivity contribution in [3.8, 4) is 0 Å². The van der Waals surface area contributed by atoms with Gasteiger partial charge >= 0.3 is 0 Å². The molecule has 1 amide bonds. The Kier molecular flexibility index (Phi) is 6.11. The van der Waals surface area contributed by atoms with E-state index in [1.807, 2.05) is 4.90 Å². The van der Waals surface area contributed by atoms with Crippen LogP contribution in [0.3, 0.4) is 0 Å². The minimum absolute atomic E-state index is 0.0837. The highest BCUT2D eigenvalue weighted by Gasteiger charge is 2.27. The number of nitrogens with one attached hydrogen (secondary N) is 1. The van der Waals surface area contributed by atoms with Crippen LogP contribution in [0.15, 0.2) is 0 Å². The second-order valence-corrected chi connectivity index (χ2v) is 5.95. The van der Waals surface area contributed by atoms with E-state index >= 15 is 0 Å². The van der Waals surface area contributed by atoms with Crippen molar-refractivity contribution in [3.05, 3.63) is 0 Å². The van der Waals surface area contributed by atoms with Crippen LogP contribution in [0.25, 0.3) is 0 Å². The predicted molar refractivity (Wildman–Crippen MR) is 75.9 cm³/mol. The van der Waals surface area contributed by atoms with Gasteiger partial charge in [-0.3, -0.25) is 4.79 Å². The van der Waals surface area contributed by atoms with Gasteiger partial charge in [-0.15, -0.1) is 0 Å². The van der Waals surface area contributed by atoms with Crippen LogP contribution >= 0.6 is 0 Å². The lowest BCUT2D eigenvalue weighted by Gasteiger charge is -2.35. The van der Waals surface area contributed by atoms with E-state index in [4.69, 9.17) is 0 Å². The van der Waals surface area contributed by atoms with Crippen LogP contribution in [-0.4, -0.2) is 47.7 Å². The van der Waals surface area contributed by atoms with Crippen LogP contribution in [-0.2, 0) is 4.79 Å². The van der Waals surface area contributed by atoms with Crippen molar-refractivity contribution in [2.75, 3.05) is 19.7 Å². The van der Waals surface area contributed by atoms with Crippen molar-refractivity contribution >= 4 is 5.91 Å². The van der Waals surface area contributed by atoms with Crippen molar-refractivity contribution in [2.24, 2.45) is 0 Å². The number of carbonyl (C=O) groups is 1. The van der Waals surface area contributed by atoms with Crippen LogP contribution in [0.5, 0.6) is 0 Å². The van der Waals surface area contributed by atoms with Gasteiger partial charge in [0.05, 0.1) is 6.61 Å². The molecule has 0 aromatic heterocycles. The molecule has 1 saturated carbocycles. The highest BCUT2D eigenvalue weighted by atomic mass is 16.3. The van der Waals surface area contributed by atoms with E-state index in [1.54, 1.807) is 0 Å². The Morgan fingerprint density at radius 1 is 1.11 bits per heavy atom. The lowest BCUT2D eigenvalue weighted by molar-refractivity contribution is -0.135. The van der Waals surface area contributed by atoms with E-state index in [2.05, 4.69) is 5.32 Å². The van der Waals surface area contributed by atoms with Gasteiger partial charge in [0.15, 0.2) is 0 Å². The van der Waals surface area contributed by atoms with Crippen molar-refractivity contribution < 1.29 is 9.90 Å². The Balaban J connectivity index is 1.87. The van der Waals surface area contributed by atoms with E-state index in [1.165, 1.54) is 32.1 Å². The van der Waals surface area contributed by atoms with Crippen molar-refractivity contribution in [1.29, 1.82) is 0 Å². The van der Waals surface area contributed by atoms with Gasteiger partial charge in [0, 0.05) is 25.0 Å². The number of nitrogens with zero attached hydrogens (tertiary/aromatic N) is 1. The Labute approximate surface area is 116 Å². The highest BCUT2D eigenvalue weighted by molar-refractivity contribution is 5.77. The second-order valence-electron chi connectivity index (χ2n) is 5.95. The summed E-state index contributed by atoms with van der Waals surface area (Å²) in [4.78, 5) is 14.4. The van der Waals surface area contributed by atoms with Gasteiger partial charge in [0.1, 0.15) is 0 Å². The molecule has 2 fully saturated rings. The molecule has 1 unspecified atom stereocenters. The third-order valence-electron chi connectivity index (χ3n) is 4.51. The molecule has 4 nitrogen and oxygen atoms in total. The summed E-state index contributed by atoms with van der Waals surface area (Å²) in [6.07, 6.45) is 10.2. The second kappa shape index (κ2) is 7.85. The topological polar surface area (TPSA) is 52.6 Å². The average molecular weight is 268 g/mol. The summed E-state index contributed by atoms with van der Waals surface area (Å²) >= 11 is 0. The lowest BCUT2D eigenvalue weighted by Crippen LogP contribution is -2.46. The third-order valence-corrected chi connectivity index (χ3v) is 4.51. The SMILES string of the molecule is O=C(CC1CCCCN1)N(CCO)C1CCCCC1. The number of hydrogen-bond donors (Lipinski definition) is 2. The molecule has 2 rings (SSSR count). The number of rotatable bonds is 5. The molecule has 0 spiro atoms. The van der Waals surface area contributed by atoms with Gasteiger partial charge in [-0.1, -0.05) is 25.7 Å². The fourth-order valence-electron chi connectivity index (χ4n) is 3.44. The zero-order valence-corrected chi connectivity index (χ0v) is 11.9. The number of aliphatic hydroxyl groups is 1. The summed E-state index contributed by atoms with van der Waals surface area (Å²) in [5, 5.41) is 12.7. The molecular weight excluding hydrogens is 240 g/mol. The van der Waals surface area contributed by atoms with Gasteiger partial charge in [0.25, 0.3) is 0 Å². The van der Waals surface area contributed by atoms with Gasteiger partial charge in [-0.2, -0.15) is 0 Å². The molecule has 4 heteroatoms. The Hall–Kier alpha value is -0.610. The first-order chi connectivity index (χ1) is 9.31. The summed E-state index contributed by atoms with van der Waals surface area (Å²) < 4.78 is 0. The molecule has 110 valence electrons. The van der Waals surface area contributed by atoms with Gasteiger partial charge in [-0.25, -0.2) is 0 Å². The van der Waals surface area contributed by atoms with Gasteiger partial charge < -0.3 is 15.3 Å². The molecule has 2 N–H and O–H groups in total. The molecular formula is C15H28N2O2. The monoisotopic (exact) mass is 268 g/mol. The lowest BCUT2D eigenvalue weighted by atomic mass is 9.93. The fourth-order valence-corrected chi connectivity index (χ4v) is 3.44. The molecule has 19 heavy (non-hydrogen) atoms. The van der Waals surface area contributed by atoms with Crippen LogP contribution in [0, 0.1) is 0 Å². The number of amides is 1. The molecule has 0 radical (unpaired) electrons. The minimum Gasteiger partial charge on any atom is -0.395 e. The van der Waals surface area contributed by atoms with Crippen molar-refractivity contribution in [3.63, 3.8) is 0 Å². The van der Waals surface area contributed by atoms with E-state index in [0.29, 0.717) is 25.0 Å². The molecule has 0 aromatic rings. The fraction of sp³-hybridized carbons (Fsp3) is 0.933. The zero-order valence-electron chi connectivity index (χ0n) is 11.9. The van der Waals surface area contributed by atoms with Crippen LogP contribution in [0.4, 0.5) is 0 Å². The largest absolute Gasteiger partial charge is 0.395 e. The molecule has 0 aromatic carbocycles. The molecule has 1 atom stereocenters. The maximum Gasteiger partial charge on any atom is 0.224 e. The third kappa shape index (κ3) is 4.46. The number of aliphatic hydroxyl groups excluding tert-OH is 1. The quantitative estimate of drug-likeness (QED) is 0.797. The molecule has 1 heterocycles. The smallest absolute Gasteiger partial charge is 0.224 e. The van der Waals surface area contributed by atoms with Crippen LogP contribution < -0.4 is 5.32 Å². The molecule has 2 aliphatic rings. The van der Waals surface area contributed by atoms with E-state index in [0.717, 1.165) is 25.8 Å². The minimum atomic E-state index is 0.0837. The van der Waals surface area contributed by atoms with E-state index in [9.17, 15) is 9.90 Å². The van der Waals surface area contributed by atoms with Crippen molar-refractivity contribution in [2.45, 2.75) is 69.9 Å². The first-order valence-electron chi connectivity index (χ1n) is 7.95. The van der Waals surface area contributed by atoms with Crippen LogP contribution in [0.1, 0.15) is 57.8 Å². The average Bonchev–Trinajstić information content (AvgIpc) is 2.46. The summed E-state index contributed by atoms with van der Waals surface area (Å²) in [6.45, 7) is 1.64. The standard InChI is InChI=1S/C15H28N2O2/c18-11-10-17(14-7-2-1-3-8-14)15(19)12-13-6-4-5-9-16-13/h13-14,16,18H,1-12H2. The highest BCUT2D eigenvalue weighted by Crippen LogP contribution is 2.23. The van der Waals surface area contributed by atoms with E-state index < -0.39 is 0 Å². The van der Waals surface area contributed by atoms with Gasteiger partial charge in [-0.05, 0) is 32.2 Å². The first-order valence-corrected chi connectivity index (χ1v) is 7.95. The molecule has 1 aliphatic heterocycles. The summed E-state index contributed by atoms with van der Waals surface area (Å²) in [5.74, 6) is 0.236. The van der Waals surface area contributed by atoms with Crippen molar-refractivity contribution in [1.82, 2.24) is 10.2 Å². The summed E-state index contributed by atoms with van der Waals surface area (Å²) in [7, 11) is 0. The van der Waals surface area contributed by atoms with E-state index in [-0.39, 0.29) is 12.5 Å². The van der Waals surface area contributed by atoms with Crippen LogP contribution in [0.2, 0.25) is 0 Å². The number of carbonyl (C=O) groups excluding carboxylic acids is 1. The number of hydrogen-bond acceptors (Lipinski definition) is 3. The normalized spacial score (nSPS) is 25.2. The zero-order chi connectivity index (χ0) is 13.5.